The van der Waals surface area contributed by atoms with Gasteiger partial charge in [-0.15, -0.1) is 0 Å². The highest BCUT2D eigenvalue weighted by Gasteiger charge is 2.29. The number of rotatable bonds is 3. The van der Waals surface area contributed by atoms with E-state index in [1.807, 2.05) is 18.7 Å². The molecule has 1 saturated heterocycles. The predicted octanol–water partition coefficient (Wildman–Crippen LogP) is 2.54. The molecule has 1 aliphatic heterocycles. The molecule has 2 aromatic rings. The Kier molecular flexibility index (Phi) is 4.81. The van der Waals surface area contributed by atoms with Crippen molar-refractivity contribution in [3.05, 3.63) is 52.4 Å². The van der Waals surface area contributed by atoms with Gasteiger partial charge in [0.2, 0.25) is 5.91 Å². The van der Waals surface area contributed by atoms with E-state index in [1.54, 1.807) is 0 Å². The molecule has 1 amide bonds. The molecule has 5 nitrogen and oxygen atoms in total. The van der Waals surface area contributed by atoms with Gasteiger partial charge in [0.15, 0.2) is 0 Å². The van der Waals surface area contributed by atoms with Gasteiger partial charge in [-0.2, -0.15) is 0 Å². The fourth-order valence-electron chi connectivity index (χ4n) is 4.34. The van der Waals surface area contributed by atoms with Crippen molar-refractivity contribution in [2.75, 3.05) is 26.2 Å². The molecule has 0 spiro atoms. The van der Waals surface area contributed by atoms with Crippen molar-refractivity contribution < 1.29 is 9.32 Å². The summed E-state index contributed by atoms with van der Waals surface area (Å²) in [5.74, 6) is 0.948. The Labute approximate surface area is 155 Å². The van der Waals surface area contributed by atoms with E-state index in [9.17, 15) is 4.79 Å². The van der Waals surface area contributed by atoms with Crippen LogP contribution in [0.2, 0.25) is 0 Å². The fraction of sp³-hybridized carbons (Fsp3) is 0.524. The molecule has 2 aliphatic rings. The molecule has 0 bridgehead atoms. The number of benzene rings is 1. The summed E-state index contributed by atoms with van der Waals surface area (Å²) >= 11 is 0. The zero-order valence-corrected chi connectivity index (χ0v) is 15.7. The second-order valence-corrected chi connectivity index (χ2v) is 7.56. The summed E-state index contributed by atoms with van der Waals surface area (Å²) in [5.41, 5.74) is 4.79. The van der Waals surface area contributed by atoms with E-state index < -0.39 is 0 Å². The van der Waals surface area contributed by atoms with Crippen LogP contribution in [0.3, 0.4) is 0 Å². The van der Waals surface area contributed by atoms with Crippen LogP contribution in [-0.4, -0.2) is 53.1 Å². The van der Waals surface area contributed by atoms with Crippen molar-refractivity contribution in [3.8, 4) is 0 Å². The van der Waals surface area contributed by atoms with E-state index in [1.165, 1.54) is 24.0 Å². The van der Waals surface area contributed by atoms with Crippen molar-refractivity contribution >= 4 is 5.91 Å². The highest BCUT2D eigenvalue weighted by atomic mass is 16.5. The Hall–Kier alpha value is -2.14. The molecule has 1 aliphatic carbocycles. The summed E-state index contributed by atoms with van der Waals surface area (Å²) in [6.07, 6.45) is 3.94. The molecule has 1 aromatic carbocycles. The topological polar surface area (TPSA) is 49.6 Å². The average Bonchev–Trinajstić information content (AvgIpc) is 2.99. The maximum absolute atomic E-state index is 12.7. The van der Waals surface area contributed by atoms with Crippen molar-refractivity contribution in [2.24, 2.45) is 0 Å². The lowest BCUT2D eigenvalue weighted by Gasteiger charge is -2.41. The van der Waals surface area contributed by atoms with Gasteiger partial charge in [0.25, 0.3) is 0 Å². The van der Waals surface area contributed by atoms with Crippen LogP contribution in [0.15, 0.2) is 28.8 Å². The van der Waals surface area contributed by atoms with Crippen molar-refractivity contribution in [2.45, 2.75) is 45.6 Å². The maximum Gasteiger partial charge on any atom is 0.227 e. The molecule has 1 fully saturated rings. The standard InChI is InChI=1S/C21H27N3O2/c1-15-20(16(2)26-22-15)14-21(25)24-11-9-23(10-12-24)19-8-7-17-5-3-4-6-18(17)13-19/h3-6,19H,7-14H2,1-2H3. The van der Waals surface area contributed by atoms with Crippen LogP contribution in [0.4, 0.5) is 0 Å². The Bertz CT molecular complexity index is 771. The minimum Gasteiger partial charge on any atom is -0.361 e. The van der Waals surface area contributed by atoms with Gasteiger partial charge < -0.3 is 9.42 Å². The van der Waals surface area contributed by atoms with Gasteiger partial charge in [-0.05, 0) is 44.2 Å². The van der Waals surface area contributed by atoms with E-state index in [0.717, 1.165) is 49.6 Å². The van der Waals surface area contributed by atoms with Gasteiger partial charge >= 0.3 is 0 Å². The van der Waals surface area contributed by atoms with Crippen LogP contribution in [0.25, 0.3) is 0 Å². The molecule has 0 radical (unpaired) electrons. The molecule has 138 valence electrons. The summed E-state index contributed by atoms with van der Waals surface area (Å²) in [4.78, 5) is 17.2. The second-order valence-electron chi connectivity index (χ2n) is 7.56. The van der Waals surface area contributed by atoms with Gasteiger partial charge in [0.1, 0.15) is 5.76 Å². The summed E-state index contributed by atoms with van der Waals surface area (Å²) in [7, 11) is 0. The zero-order chi connectivity index (χ0) is 18.1. The van der Waals surface area contributed by atoms with Gasteiger partial charge in [0, 0.05) is 37.8 Å². The van der Waals surface area contributed by atoms with Gasteiger partial charge in [-0.1, -0.05) is 29.4 Å². The number of fused-ring (bicyclic) bond motifs is 1. The van der Waals surface area contributed by atoms with Gasteiger partial charge in [-0.25, -0.2) is 0 Å². The summed E-state index contributed by atoms with van der Waals surface area (Å²) in [5, 5.41) is 3.95. The molecular formula is C21H27N3O2. The number of amides is 1. The zero-order valence-electron chi connectivity index (χ0n) is 15.7. The minimum atomic E-state index is 0.188. The Morgan fingerprint density at radius 1 is 1.15 bits per heavy atom. The first-order valence-corrected chi connectivity index (χ1v) is 9.62. The van der Waals surface area contributed by atoms with Crippen molar-refractivity contribution in [1.82, 2.24) is 15.0 Å². The summed E-state index contributed by atoms with van der Waals surface area (Å²) < 4.78 is 5.18. The lowest BCUT2D eigenvalue weighted by molar-refractivity contribution is -0.132. The fourth-order valence-corrected chi connectivity index (χ4v) is 4.34. The van der Waals surface area contributed by atoms with Crippen LogP contribution in [0.5, 0.6) is 0 Å². The quantitative estimate of drug-likeness (QED) is 0.851. The molecule has 2 heterocycles. The molecule has 0 N–H and O–H groups in total. The number of aromatic nitrogens is 1. The minimum absolute atomic E-state index is 0.188. The van der Waals surface area contributed by atoms with Crippen molar-refractivity contribution in [1.29, 1.82) is 0 Å². The number of piperazine rings is 1. The largest absolute Gasteiger partial charge is 0.361 e. The molecule has 26 heavy (non-hydrogen) atoms. The van der Waals surface area contributed by atoms with E-state index >= 15 is 0 Å². The Balaban J connectivity index is 1.32. The van der Waals surface area contributed by atoms with Crippen molar-refractivity contribution in [3.63, 3.8) is 0 Å². The maximum atomic E-state index is 12.7. The Morgan fingerprint density at radius 2 is 1.88 bits per heavy atom. The highest BCUT2D eigenvalue weighted by molar-refractivity contribution is 5.79. The van der Waals surface area contributed by atoms with E-state index in [0.29, 0.717) is 12.5 Å². The Morgan fingerprint density at radius 3 is 2.58 bits per heavy atom. The molecule has 0 saturated carbocycles. The number of carbonyl (C=O) groups excluding carboxylic acids is 1. The van der Waals surface area contributed by atoms with Crippen LogP contribution >= 0.6 is 0 Å². The number of hydrogen-bond donors (Lipinski definition) is 0. The first-order valence-electron chi connectivity index (χ1n) is 9.62. The van der Waals surface area contributed by atoms with E-state index in [4.69, 9.17) is 4.52 Å². The summed E-state index contributed by atoms with van der Waals surface area (Å²) in [6.45, 7) is 7.36. The number of nitrogens with zero attached hydrogens (tertiary/aromatic N) is 3. The first kappa shape index (κ1) is 17.3. The third-order valence-corrected chi connectivity index (χ3v) is 6.01. The normalized spacial score (nSPS) is 20.8. The van der Waals surface area contributed by atoms with Gasteiger partial charge in [-0.3, -0.25) is 9.69 Å². The van der Waals surface area contributed by atoms with Crippen LogP contribution in [0, 0.1) is 13.8 Å². The van der Waals surface area contributed by atoms with Crippen LogP contribution < -0.4 is 0 Å². The monoisotopic (exact) mass is 353 g/mol. The SMILES string of the molecule is Cc1noc(C)c1CC(=O)N1CCN(C2CCc3ccccc3C2)CC1. The average molecular weight is 353 g/mol. The highest BCUT2D eigenvalue weighted by Crippen LogP contribution is 2.25. The molecule has 1 aromatic heterocycles. The van der Waals surface area contributed by atoms with Crippen LogP contribution in [0.1, 0.15) is 34.6 Å². The van der Waals surface area contributed by atoms with E-state index in [-0.39, 0.29) is 5.91 Å². The number of carbonyl (C=O) groups is 1. The summed E-state index contributed by atoms with van der Waals surface area (Å²) in [6, 6.07) is 9.43. The lowest BCUT2D eigenvalue weighted by Crippen LogP contribution is -2.53. The molecule has 1 atom stereocenters. The number of aryl methyl sites for hydroxylation is 3. The predicted molar refractivity (Wildman–Crippen MR) is 100 cm³/mol. The van der Waals surface area contributed by atoms with Crippen LogP contribution in [-0.2, 0) is 24.1 Å². The molecule has 5 heteroatoms. The molecule has 4 rings (SSSR count). The van der Waals surface area contributed by atoms with E-state index in [2.05, 4.69) is 34.3 Å². The lowest BCUT2D eigenvalue weighted by atomic mass is 9.87. The molecular weight excluding hydrogens is 326 g/mol. The second kappa shape index (κ2) is 7.23. The number of hydrogen-bond acceptors (Lipinski definition) is 4. The first-order chi connectivity index (χ1) is 12.6. The van der Waals surface area contributed by atoms with Gasteiger partial charge in [0.05, 0.1) is 12.1 Å². The third-order valence-electron chi connectivity index (χ3n) is 6.01. The molecule has 1 unspecified atom stereocenters. The third kappa shape index (κ3) is 3.40. The smallest absolute Gasteiger partial charge is 0.227 e.